The highest BCUT2D eigenvalue weighted by Gasteiger charge is 2.13. The fourth-order valence-corrected chi connectivity index (χ4v) is 2.67. The van der Waals surface area contributed by atoms with Gasteiger partial charge in [0.1, 0.15) is 11.6 Å². The molecule has 3 rings (SSSR count). The Labute approximate surface area is 129 Å². The Hall–Kier alpha value is -2.34. The molecule has 0 fully saturated rings. The van der Waals surface area contributed by atoms with Gasteiger partial charge in [-0.2, -0.15) is 5.10 Å². The summed E-state index contributed by atoms with van der Waals surface area (Å²) in [4.78, 5) is 4.66. The van der Waals surface area contributed by atoms with E-state index in [2.05, 4.69) is 26.0 Å². The fourth-order valence-electron chi connectivity index (χ4n) is 2.67. The second kappa shape index (κ2) is 5.81. The van der Waals surface area contributed by atoms with E-state index in [1.165, 1.54) is 0 Å². The number of aliphatic hydroxyl groups is 1. The molecule has 0 amide bonds. The van der Waals surface area contributed by atoms with Crippen molar-refractivity contribution >= 4 is 16.9 Å². The molecule has 1 aromatic carbocycles. The van der Waals surface area contributed by atoms with Gasteiger partial charge in [0.15, 0.2) is 0 Å². The Bertz CT molecular complexity index is 802. The molecule has 0 bridgehead atoms. The van der Waals surface area contributed by atoms with Gasteiger partial charge in [-0.3, -0.25) is 0 Å². The third-order valence-corrected chi connectivity index (χ3v) is 4.03. The summed E-state index contributed by atoms with van der Waals surface area (Å²) in [5, 5.41) is 17.0. The maximum atomic E-state index is 9.16. The molecule has 3 aromatic rings. The van der Waals surface area contributed by atoms with E-state index < -0.39 is 0 Å². The first-order valence-corrected chi connectivity index (χ1v) is 7.41. The second-order valence-corrected chi connectivity index (χ2v) is 5.44. The smallest absolute Gasteiger partial charge is 0.129 e. The van der Waals surface area contributed by atoms with E-state index in [4.69, 9.17) is 5.11 Å². The molecule has 22 heavy (non-hydrogen) atoms. The highest BCUT2D eigenvalue weighted by Crippen LogP contribution is 2.20. The predicted octanol–water partition coefficient (Wildman–Crippen LogP) is 1.99. The van der Waals surface area contributed by atoms with Gasteiger partial charge in [-0.05, 0) is 26.0 Å². The van der Waals surface area contributed by atoms with Crippen molar-refractivity contribution in [3.05, 3.63) is 41.3 Å². The van der Waals surface area contributed by atoms with Gasteiger partial charge >= 0.3 is 0 Å². The van der Waals surface area contributed by atoms with E-state index in [9.17, 15) is 0 Å². The molecule has 0 aliphatic heterocycles. The third kappa shape index (κ3) is 2.46. The topological polar surface area (TPSA) is 67.9 Å². The van der Waals surface area contributed by atoms with Crippen molar-refractivity contribution in [2.45, 2.75) is 26.9 Å². The Balaban J connectivity index is 1.86. The Morgan fingerprint density at radius 3 is 2.73 bits per heavy atom. The van der Waals surface area contributed by atoms with Crippen LogP contribution in [0.2, 0.25) is 0 Å². The minimum absolute atomic E-state index is 0.0710. The standard InChI is InChI=1S/C16H21N5O/c1-11-12(2)19-21(8-9-22)16(11)17-10-15-18-13-6-4-5-7-14(13)20(15)3/h4-7,17,22H,8-10H2,1-3H3. The molecule has 0 unspecified atom stereocenters. The van der Waals surface area contributed by atoms with Crippen LogP contribution >= 0.6 is 0 Å². The highest BCUT2D eigenvalue weighted by atomic mass is 16.3. The Morgan fingerprint density at radius 1 is 1.23 bits per heavy atom. The average Bonchev–Trinajstić information content (AvgIpc) is 2.97. The zero-order chi connectivity index (χ0) is 15.7. The summed E-state index contributed by atoms with van der Waals surface area (Å²) < 4.78 is 3.91. The second-order valence-electron chi connectivity index (χ2n) is 5.44. The lowest BCUT2D eigenvalue weighted by Gasteiger charge is -2.10. The van der Waals surface area contributed by atoms with E-state index in [-0.39, 0.29) is 6.61 Å². The number of aromatic nitrogens is 4. The van der Waals surface area contributed by atoms with Crippen LogP contribution in [0.4, 0.5) is 5.82 Å². The van der Waals surface area contributed by atoms with Crippen LogP contribution in [0, 0.1) is 13.8 Å². The van der Waals surface area contributed by atoms with Crippen molar-refractivity contribution in [1.29, 1.82) is 0 Å². The van der Waals surface area contributed by atoms with Crippen molar-refractivity contribution in [2.75, 3.05) is 11.9 Å². The molecule has 2 heterocycles. The first-order chi connectivity index (χ1) is 10.6. The van der Waals surface area contributed by atoms with Crippen LogP contribution in [0.15, 0.2) is 24.3 Å². The van der Waals surface area contributed by atoms with E-state index in [0.29, 0.717) is 13.1 Å². The SMILES string of the molecule is Cc1nn(CCO)c(NCc2nc3ccccc3n2C)c1C. The Morgan fingerprint density at radius 2 is 2.00 bits per heavy atom. The maximum Gasteiger partial charge on any atom is 0.129 e. The molecular formula is C16H21N5O. The number of nitrogens with one attached hydrogen (secondary N) is 1. The largest absolute Gasteiger partial charge is 0.394 e. The normalized spacial score (nSPS) is 11.3. The molecule has 0 aliphatic rings. The molecule has 2 aromatic heterocycles. The molecule has 116 valence electrons. The van der Waals surface area contributed by atoms with Gasteiger partial charge in [-0.1, -0.05) is 12.1 Å². The first-order valence-electron chi connectivity index (χ1n) is 7.41. The molecule has 0 saturated heterocycles. The van der Waals surface area contributed by atoms with E-state index >= 15 is 0 Å². The molecule has 2 N–H and O–H groups in total. The lowest BCUT2D eigenvalue weighted by molar-refractivity contribution is 0.270. The molecule has 6 heteroatoms. The number of hydrogen-bond donors (Lipinski definition) is 2. The number of para-hydroxylation sites is 2. The van der Waals surface area contributed by atoms with Gasteiger partial charge in [0.25, 0.3) is 0 Å². The van der Waals surface area contributed by atoms with Gasteiger partial charge in [0, 0.05) is 12.6 Å². The lowest BCUT2D eigenvalue weighted by Crippen LogP contribution is -2.12. The summed E-state index contributed by atoms with van der Waals surface area (Å²) >= 11 is 0. The number of fused-ring (bicyclic) bond motifs is 1. The van der Waals surface area contributed by atoms with Crippen LogP contribution in [-0.4, -0.2) is 31.0 Å². The fraction of sp³-hybridized carbons (Fsp3) is 0.375. The van der Waals surface area contributed by atoms with Crippen molar-refractivity contribution in [3.8, 4) is 0 Å². The lowest BCUT2D eigenvalue weighted by atomic mass is 10.3. The first kappa shape index (κ1) is 14.6. The minimum atomic E-state index is 0.0710. The number of hydrogen-bond acceptors (Lipinski definition) is 4. The molecule has 0 radical (unpaired) electrons. The highest BCUT2D eigenvalue weighted by molar-refractivity contribution is 5.75. The van der Waals surface area contributed by atoms with Gasteiger partial charge in [0.2, 0.25) is 0 Å². The Kier molecular flexibility index (Phi) is 3.85. The quantitative estimate of drug-likeness (QED) is 0.756. The van der Waals surface area contributed by atoms with E-state index in [0.717, 1.165) is 33.9 Å². The van der Waals surface area contributed by atoms with Crippen molar-refractivity contribution in [2.24, 2.45) is 7.05 Å². The molecule has 6 nitrogen and oxygen atoms in total. The summed E-state index contributed by atoms with van der Waals surface area (Å²) in [5.41, 5.74) is 4.20. The molecule has 0 atom stereocenters. The van der Waals surface area contributed by atoms with E-state index in [1.54, 1.807) is 0 Å². The maximum absolute atomic E-state index is 9.16. The van der Waals surface area contributed by atoms with Crippen molar-refractivity contribution in [1.82, 2.24) is 19.3 Å². The van der Waals surface area contributed by atoms with Crippen LogP contribution in [0.3, 0.4) is 0 Å². The summed E-state index contributed by atoms with van der Waals surface area (Å²) in [6, 6.07) is 8.10. The van der Waals surface area contributed by atoms with E-state index in [1.807, 2.05) is 43.8 Å². The number of aryl methyl sites for hydroxylation is 2. The van der Waals surface area contributed by atoms with Crippen molar-refractivity contribution in [3.63, 3.8) is 0 Å². The van der Waals surface area contributed by atoms with Crippen LogP contribution in [-0.2, 0) is 20.1 Å². The summed E-state index contributed by atoms with van der Waals surface area (Å²) in [7, 11) is 2.02. The number of rotatable bonds is 5. The number of imidazole rings is 1. The van der Waals surface area contributed by atoms with Crippen LogP contribution in [0.5, 0.6) is 0 Å². The zero-order valence-electron chi connectivity index (χ0n) is 13.2. The summed E-state index contributed by atoms with van der Waals surface area (Å²) in [6.45, 7) is 5.18. The average molecular weight is 299 g/mol. The van der Waals surface area contributed by atoms with Gasteiger partial charge in [-0.15, -0.1) is 0 Å². The molecular weight excluding hydrogens is 278 g/mol. The number of benzene rings is 1. The van der Waals surface area contributed by atoms with Crippen LogP contribution in [0.25, 0.3) is 11.0 Å². The summed E-state index contributed by atoms with van der Waals surface area (Å²) in [5.74, 6) is 1.91. The van der Waals surface area contributed by atoms with Crippen LogP contribution in [0.1, 0.15) is 17.1 Å². The molecule has 0 spiro atoms. The monoisotopic (exact) mass is 299 g/mol. The number of aliphatic hydroxyl groups excluding tert-OH is 1. The van der Waals surface area contributed by atoms with Gasteiger partial charge in [0.05, 0.1) is 36.4 Å². The number of nitrogens with zero attached hydrogens (tertiary/aromatic N) is 4. The predicted molar refractivity (Wildman–Crippen MR) is 86.8 cm³/mol. The molecule has 0 saturated carbocycles. The zero-order valence-corrected chi connectivity index (χ0v) is 13.2. The van der Waals surface area contributed by atoms with Gasteiger partial charge in [-0.25, -0.2) is 9.67 Å². The van der Waals surface area contributed by atoms with Gasteiger partial charge < -0.3 is 15.0 Å². The van der Waals surface area contributed by atoms with Crippen molar-refractivity contribution < 1.29 is 5.11 Å². The minimum Gasteiger partial charge on any atom is -0.394 e. The summed E-state index contributed by atoms with van der Waals surface area (Å²) in [6.07, 6.45) is 0. The third-order valence-electron chi connectivity index (χ3n) is 4.03. The molecule has 0 aliphatic carbocycles. The number of anilines is 1. The van der Waals surface area contributed by atoms with Crippen LogP contribution < -0.4 is 5.32 Å².